The summed E-state index contributed by atoms with van der Waals surface area (Å²) in [6, 6.07) is 6.72. The van der Waals surface area contributed by atoms with Crippen LogP contribution in [0.2, 0.25) is 0 Å². The van der Waals surface area contributed by atoms with Crippen LogP contribution in [0.15, 0.2) is 49.6 Å². The normalized spacial score (nSPS) is 28.6. The molecule has 3 aliphatic heterocycles. The molecule has 3 fully saturated rings. The fourth-order valence-corrected chi connectivity index (χ4v) is 9.42. The number of hydrogen-bond donors (Lipinski definition) is 1. The summed E-state index contributed by atoms with van der Waals surface area (Å²) in [6.07, 6.45) is 5.55. The summed E-state index contributed by atoms with van der Waals surface area (Å²) >= 11 is 1.63. The topological polar surface area (TPSA) is 112 Å². The highest BCUT2D eigenvalue weighted by atomic mass is 32.2. The zero-order chi connectivity index (χ0) is 28.7. The molecule has 1 aromatic heterocycles. The van der Waals surface area contributed by atoms with Crippen molar-refractivity contribution in [3.8, 4) is 0 Å². The molecule has 11 heteroatoms. The number of hydrogen-bond acceptors (Lipinski definition) is 7. The van der Waals surface area contributed by atoms with E-state index in [9.17, 15) is 19.5 Å². The first-order valence-corrected chi connectivity index (χ1v) is 14.8. The Morgan fingerprint density at radius 2 is 1.90 bits per heavy atom. The molecule has 1 aromatic carbocycles. The highest BCUT2D eigenvalue weighted by molar-refractivity contribution is 8.02. The van der Waals surface area contributed by atoms with Gasteiger partial charge in [0.2, 0.25) is 17.7 Å². The maximum Gasteiger partial charge on any atom is 0.248 e. The van der Waals surface area contributed by atoms with E-state index >= 15 is 0 Å². The predicted octanol–water partition coefficient (Wildman–Crippen LogP) is 2.30. The van der Waals surface area contributed by atoms with Gasteiger partial charge < -0.3 is 19.8 Å². The van der Waals surface area contributed by atoms with Gasteiger partial charge in [-0.25, -0.2) is 4.68 Å². The average molecular weight is 567 g/mol. The Morgan fingerprint density at radius 1 is 1.18 bits per heavy atom. The van der Waals surface area contributed by atoms with Gasteiger partial charge in [0.25, 0.3) is 0 Å². The third-order valence-electron chi connectivity index (χ3n) is 8.66. The first kappa shape index (κ1) is 28.4. The number of fused-ring (bicyclic) bond motifs is 2. The Morgan fingerprint density at radius 3 is 2.60 bits per heavy atom. The van der Waals surface area contributed by atoms with Gasteiger partial charge in [0, 0.05) is 30.9 Å². The molecular formula is C29H38N6O4S. The number of para-hydroxylation sites is 1. The summed E-state index contributed by atoms with van der Waals surface area (Å²) in [7, 11) is 0. The van der Waals surface area contributed by atoms with Gasteiger partial charge >= 0.3 is 0 Å². The van der Waals surface area contributed by atoms with Crippen LogP contribution in [0.1, 0.15) is 33.1 Å². The monoisotopic (exact) mass is 566 g/mol. The van der Waals surface area contributed by atoms with Crippen molar-refractivity contribution < 1.29 is 19.5 Å². The van der Waals surface area contributed by atoms with E-state index in [4.69, 9.17) is 0 Å². The first-order chi connectivity index (χ1) is 19.3. The minimum absolute atomic E-state index is 0.0329. The van der Waals surface area contributed by atoms with E-state index in [1.165, 1.54) is 4.90 Å². The number of β-amino-alcohol motifs (C(OH)–C–C–N with tert-alkyl or cyclic N) is 1. The molecule has 2 bridgehead atoms. The van der Waals surface area contributed by atoms with Gasteiger partial charge in [-0.2, -0.15) is 0 Å². The number of amides is 3. The van der Waals surface area contributed by atoms with Crippen molar-refractivity contribution in [2.45, 2.75) is 55.3 Å². The molecule has 2 unspecified atom stereocenters. The molecule has 3 aliphatic rings. The standard InChI is InChI=1S/C29H38N6O4S/c1-5-14-32(15-6-2)25(37)22-23-26(38)34(17-18-36)24(29(23)13-12-28(22,4)40-29)27(39)33(16-7-3)19-35-21-11-9-8-10-20(21)30-31-35/h5,7-11,22-24,36H,1,3,6,12-19H2,2,4H3/t22-,23-,24?,28+,29?/m0/s1. The van der Waals surface area contributed by atoms with Gasteiger partial charge in [-0.05, 0) is 38.3 Å². The SMILES string of the molecule is C=CCN(Cn1nnc2ccccc21)C(=O)C1N(CCO)C(=O)[C@@H]2[C@@H](C(=O)N(CC=C)CCC)[C@@]3(C)CCC12S3. The molecule has 2 aromatic rings. The quantitative estimate of drug-likeness (QED) is 0.393. The molecular weight excluding hydrogens is 528 g/mol. The summed E-state index contributed by atoms with van der Waals surface area (Å²) < 4.78 is 0.456. The molecule has 10 nitrogen and oxygen atoms in total. The van der Waals surface area contributed by atoms with E-state index in [0.717, 1.165) is 23.9 Å². The van der Waals surface area contributed by atoms with Crippen molar-refractivity contribution in [3.05, 3.63) is 49.6 Å². The van der Waals surface area contributed by atoms with E-state index in [1.54, 1.807) is 38.4 Å². The summed E-state index contributed by atoms with van der Waals surface area (Å²) in [5.41, 5.74) is 1.52. The third-order valence-corrected chi connectivity index (χ3v) is 10.6. The van der Waals surface area contributed by atoms with Crippen LogP contribution in [0, 0.1) is 11.8 Å². The molecule has 4 heterocycles. The Bertz CT molecular complexity index is 1330. The second-order valence-electron chi connectivity index (χ2n) is 11.1. The maximum absolute atomic E-state index is 14.5. The van der Waals surface area contributed by atoms with Crippen molar-refractivity contribution in [1.82, 2.24) is 29.7 Å². The fraction of sp³-hybridized carbons (Fsp3) is 0.552. The number of carbonyl (C=O) groups excluding carboxylic acids is 3. The van der Waals surface area contributed by atoms with Crippen molar-refractivity contribution in [1.29, 1.82) is 0 Å². The number of aromatic nitrogens is 3. The Kier molecular flexibility index (Phi) is 7.80. The van der Waals surface area contributed by atoms with E-state index in [-0.39, 0.29) is 44.1 Å². The Hall–Kier alpha value is -3.18. The van der Waals surface area contributed by atoms with E-state index in [0.29, 0.717) is 19.5 Å². The number of aliphatic hydroxyl groups is 1. The van der Waals surface area contributed by atoms with Crippen LogP contribution in [-0.4, -0.2) is 101 Å². The molecule has 1 N–H and O–H groups in total. The zero-order valence-electron chi connectivity index (χ0n) is 23.2. The number of likely N-dealkylation sites (tertiary alicyclic amines) is 1. The molecule has 0 aliphatic carbocycles. The lowest BCUT2D eigenvalue weighted by Gasteiger charge is -2.38. The summed E-state index contributed by atoms with van der Waals surface area (Å²) in [5.74, 6) is -1.68. The number of nitrogens with zero attached hydrogens (tertiary/aromatic N) is 6. The average Bonchev–Trinajstić information content (AvgIpc) is 3.64. The second-order valence-corrected chi connectivity index (χ2v) is 13.0. The van der Waals surface area contributed by atoms with Crippen LogP contribution in [0.5, 0.6) is 0 Å². The molecule has 5 atom stereocenters. The van der Waals surface area contributed by atoms with Crippen LogP contribution in [0.25, 0.3) is 11.0 Å². The number of benzene rings is 1. The highest BCUT2D eigenvalue weighted by Crippen LogP contribution is 2.71. The van der Waals surface area contributed by atoms with E-state index in [1.807, 2.05) is 31.2 Å². The minimum Gasteiger partial charge on any atom is -0.395 e. The molecule has 0 radical (unpaired) electrons. The van der Waals surface area contributed by atoms with Gasteiger partial charge in [0.05, 0.1) is 28.7 Å². The molecule has 3 amide bonds. The Labute approximate surface area is 239 Å². The lowest BCUT2D eigenvalue weighted by molar-refractivity contribution is -0.146. The Balaban J connectivity index is 1.53. The van der Waals surface area contributed by atoms with Crippen LogP contribution < -0.4 is 0 Å². The highest BCUT2D eigenvalue weighted by Gasteiger charge is 2.77. The molecule has 0 saturated carbocycles. The number of rotatable bonds is 12. The lowest BCUT2D eigenvalue weighted by atomic mass is 9.66. The molecule has 5 rings (SSSR count). The molecule has 40 heavy (non-hydrogen) atoms. The van der Waals surface area contributed by atoms with Crippen LogP contribution >= 0.6 is 11.8 Å². The van der Waals surface area contributed by atoms with Crippen molar-refractivity contribution in [2.75, 3.05) is 32.8 Å². The van der Waals surface area contributed by atoms with Crippen LogP contribution in [-0.2, 0) is 21.1 Å². The predicted molar refractivity (Wildman–Crippen MR) is 154 cm³/mol. The number of carbonyl (C=O) groups is 3. The van der Waals surface area contributed by atoms with Gasteiger partial charge in [0.1, 0.15) is 18.2 Å². The largest absolute Gasteiger partial charge is 0.395 e. The van der Waals surface area contributed by atoms with Gasteiger partial charge in [0.15, 0.2) is 0 Å². The minimum atomic E-state index is -0.810. The molecule has 1 spiro atoms. The van der Waals surface area contributed by atoms with Crippen molar-refractivity contribution in [2.24, 2.45) is 11.8 Å². The van der Waals surface area contributed by atoms with Crippen molar-refractivity contribution in [3.63, 3.8) is 0 Å². The smallest absolute Gasteiger partial charge is 0.248 e. The lowest BCUT2D eigenvalue weighted by Crippen LogP contribution is -2.55. The molecule has 3 saturated heterocycles. The zero-order valence-corrected chi connectivity index (χ0v) is 24.1. The summed E-state index contributed by atoms with van der Waals surface area (Å²) in [6.45, 7) is 12.9. The van der Waals surface area contributed by atoms with Crippen LogP contribution in [0.4, 0.5) is 0 Å². The van der Waals surface area contributed by atoms with Gasteiger partial charge in [-0.1, -0.05) is 36.4 Å². The van der Waals surface area contributed by atoms with E-state index < -0.39 is 27.4 Å². The van der Waals surface area contributed by atoms with E-state index in [2.05, 4.69) is 30.4 Å². The van der Waals surface area contributed by atoms with Gasteiger partial charge in [-0.3, -0.25) is 14.4 Å². The number of aliphatic hydroxyl groups excluding tert-OH is 1. The molecule has 214 valence electrons. The summed E-state index contributed by atoms with van der Waals surface area (Å²) in [4.78, 5) is 47.6. The van der Waals surface area contributed by atoms with Crippen LogP contribution in [0.3, 0.4) is 0 Å². The fourth-order valence-electron chi connectivity index (χ4n) is 7.07. The second kappa shape index (κ2) is 11.0. The first-order valence-electron chi connectivity index (χ1n) is 14.0. The van der Waals surface area contributed by atoms with Crippen molar-refractivity contribution >= 4 is 40.5 Å². The third kappa shape index (κ3) is 4.34. The number of thioether (sulfide) groups is 1. The summed E-state index contributed by atoms with van der Waals surface area (Å²) in [5, 5.41) is 18.4. The van der Waals surface area contributed by atoms with Gasteiger partial charge in [-0.15, -0.1) is 30.0 Å². The maximum atomic E-state index is 14.5.